The lowest BCUT2D eigenvalue weighted by molar-refractivity contribution is 0.0476. The molecule has 1 nitrogen and oxygen atoms in total. The van der Waals surface area contributed by atoms with Crippen molar-refractivity contribution in [2.75, 3.05) is 0 Å². The van der Waals surface area contributed by atoms with Crippen molar-refractivity contribution in [3.8, 4) is 0 Å². The van der Waals surface area contributed by atoms with Crippen molar-refractivity contribution < 1.29 is 5.11 Å². The van der Waals surface area contributed by atoms with Gasteiger partial charge in [-0.05, 0) is 57.8 Å². The van der Waals surface area contributed by atoms with E-state index in [9.17, 15) is 5.11 Å². The molecule has 0 bridgehead atoms. The van der Waals surface area contributed by atoms with E-state index < -0.39 is 5.60 Å². The molecule has 2 atom stereocenters. The minimum Gasteiger partial charge on any atom is -0.380 e. The van der Waals surface area contributed by atoms with Crippen LogP contribution in [0.4, 0.5) is 0 Å². The fraction of sp³-hybridized carbons (Fsp3) is 0.182. The van der Waals surface area contributed by atoms with Crippen LogP contribution < -0.4 is 0 Å². The normalized spacial score (nSPS) is 14.8. The predicted molar refractivity (Wildman–Crippen MR) is 108 cm³/mol. The fourth-order valence-corrected chi connectivity index (χ4v) is 3.78. The molecule has 0 fully saturated rings. The molecule has 0 aliphatic heterocycles. The molecule has 0 aliphatic carbocycles. The Bertz CT molecular complexity index is 768. The molecule has 24 heavy (non-hydrogen) atoms. The number of benzene rings is 3. The second kappa shape index (κ2) is 7.49. The Morgan fingerprint density at radius 3 is 1.83 bits per heavy atom. The van der Waals surface area contributed by atoms with Gasteiger partial charge in [-0.2, -0.15) is 0 Å². The van der Waals surface area contributed by atoms with Crippen LogP contribution in [0.3, 0.4) is 0 Å². The molecule has 1 N–H and O–H groups in total. The van der Waals surface area contributed by atoms with Crippen molar-refractivity contribution in [3.05, 3.63) is 105 Å². The molecule has 0 radical (unpaired) electrons. The van der Waals surface area contributed by atoms with Crippen LogP contribution in [0.5, 0.6) is 0 Å². The predicted octanol–water partition coefficient (Wildman–Crippen LogP) is 5.72. The summed E-state index contributed by atoms with van der Waals surface area (Å²) in [5, 5.41) is 12.0. The zero-order valence-electron chi connectivity index (χ0n) is 13.7. The van der Waals surface area contributed by atoms with Crippen LogP contribution in [0.2, 0.25) is 0 Å². The summed E-state index contributed by atoms with van der Waals surface area (Å²) in [6, 6.07) is 28.5. The smallest absolute Gasteiger partial charge is 0.121 e. The lowest BCUT2D eigenvalue weighted by atomic mass is 9.72. The molecule has 2 heteroatoms. The van der Waals surface area contributed by atoms with Crippen molar-refractivity contribution in [1.29, 1.82) is 0 Å². The summed E-state index contributed by atoms with van der Waals surface area (Å²) in [5.41, 5.74) is 1.97. The summed E-state index contributed by atoms with van der Waals surface area (Å²) in [5.74, 6) is -0.0128. The van der Waals surface area contributed by atoms with E-state index in [1.807, 2.05) is 60.7 Å². The first kappa shape index (κ1) is 17.2. The summed E-state index contributed by atoms with van der Waals surface area (Å²) in [6.45, 7) is 2.14. The maximum Gasteiger partial charge on any atom is 0.121 e. The van der Waals surface area contributed by atoms with Crippen LogP contribution in [0.1, 0.15) is 36.0 Å². The first-order valence-corrected chi connectivity index (χ1v) is 9.33. The van der Waals surface area contributed by atoms with Gasteiger partial charge in [0.05, 0.1) is 0 Å². The zero-order valence-corrected chi connectivity index (χ0v) is 15.9. The number of rotatable bonds is 5. The van der Waals surface area contributed by atoms with Gasteiger partial charge in [0, 0.05) is 9.49 Å². The summed E-state index contributed by atoms with van der Waals surface area (Å²) >= 11 is 2.30. The number of halogens is 1. The quantitative estimate of drug-likeness (QED) is 0.516. The Hall–Kier alpha value is -1.65. The SMILES string of the molecule is CC[C@@H](c1ccccc1)[C@](O)(c1ccccc1)c1ccc(I)cc1. The third-order valence-electron chi connectivity index (χ3n) is 4.61. The standard InChI is InChI=1S/C22H21IO/c1-2-21(17-9-5-3-6-10-17)22(24,18-11-7-4-8-12-18)19-13-15-20(23)16-14-19/h3-16,21,24H,2H2,1H3/t21-,22-/m0/s1. The lowest BCUT2D eigenvalue weighted by Gasteiger charge is -2.37. The monoisotopic (exact) mass is 428 g/mol. The van der Waals surface area contributed by atoms with E-state index in [1.165, 1.54) is 3.57 Å². The molecule has 0 amide bonds. The summed E-state index contributed by atoms with van der Waals surface area (Å²) < 4.78 is 1.17. The van der Waals surface area contributed by atoms with E-state index in [0.717, 1.165) is 23.1 Å². The highest BCUT2D eigenvalue weighted by Gasteiger charge is 2.39. The molecule has 0 spiro atoms. The van der Waals surface area contributed by atoms with E-state index in [4.69, 9.17) is 0 Å². The molecule has 0 unspecified atom stereocenters. The van der Waals surface area contributed by atoms with Gasteiger partial charge in [0.25, 0.3) is 0 Å². The molecular formula is C22H21IO. The van der Waals surface area contributed by atoms with Gasteiger partial charge in [0.2, 0.25) is 0 Å². The molecule has 0 saturated heterocycles. The van der Waals surface area contributed by atoms with Crippen molar-refractivity contribution in [2.24, 2.45) is 0 Å². The Morgan fingerprint density at radius 1 is 0.792 bits per heavy atom. The van der Waals surface area contributed by atoms with E-state index in [2.05, 4.69) is 53.8 Å². The Morgan fingerprint density at radius 2 is 1.29 bits per heavy atom. The number of aliphatic hydroxyl groups is 1. The van der Waals surface area contributed by atoms with Crippen LogP contribution in [-0.4, -0.2) is 5.11 Å². The minimum absolute atomic E-state index is 0.0128. The highest BCUT2D eigenvalue weighted by atomic mass is 127. The molecule has 3 aromatic carbocycles. The van der Waals surface area contributed by atoms with Gasteiger partial charge in [-0.1, -0.05) is 79.7 Å². The largest absolute Gasteiger partial charge is 0.380 e. The Kier molecular flexibility index (Phi) is 5.36. The molecule has 3 rings (SSSR count). The summed E-state index contributed by atoms with van der Waals surface area (Å²) in [6.07, 6.45) is 0.849. The van der Waals surface area contributed by atoms with Crippen LogP contribution >= 0.6 is 22.6 Å². The zero-order chi connectivity index (χ0) is 17.0. The van der Waals surface area contributed by atoms with Crippen LogP contribution in [0, 0.1) is 3.57 Å². The van der Waals surface area contributed by atoms with Crippen molar-refractivity contribution in [1.82, 2.24) is 0 Å². The van der Waals surface area contributed by atoms with E-state index in [0.29, 0.717) is 0 Å². The van der Waals surface area contributed by atoms with Crippen molar-refractivity contribution >= 4 is 22.6 Å². The first-order chi connectivity index (χ1) is 11.7. The topological polar surface area (TPSA) is 20.2 Å². The highest BCUT2D eigenvalue weighted by Crippen LogP contribution is 2.44. The average molecular weight is 428 g/mol. The lowest BCUT2D eigenvalue weighted by Crippen LogP contribution is -2.34. The van der Waals surface area contributed by atoms with Crippen LogP contribution in [0.15, 0.2) is 84.9 Å². The molecular weight excluding hydrogens is 407 g/mol. The van der Waals surface area contributed by atoms with Crippen LogP contribution in [0.25, 0.3) is 0 Å². The molecule has 3 aromatic rings. The second-order valence-corrected chi connectivity index (χ2v) is 7.26. The Balaban J connectivity index is 2.20. The number of hydrogen-bond acceptors (Lipinski definition) is 1. The van der Waals surface area contributed by atoms with Gasteiger partial charge in [0.15, 0.2) is 0 Å². The van der Waals surface area contributed by atoms with E-state index in [-0.39, 0.29) is 5.92 Å². The maximum absolute atomic E-state index is 12.0. The molecule has 0 aliphatic rings. The third kappa shape index (κ3) is 3.26. The summed E-state index contributed by atoms with van der Waals surface area (Å²) in [7, 11) is 0. The molecule has 122 valence electrons. The fourth-order valence-electron chi connectivity index (χ4n) is 3.42. The van der Waals surface area contributed by atoms with Gasteiger partial charge in [-0.25, -0.2) is 0 Å². The first-order valence-electron chi connectivity index (χ1n) is 8.25. The van der Waals surface area contributed by atoms with Crippen molar-refractivity contribution in [2.45, 2.75) is 24.9 Å². The Labute approximate surface area is 157 Å². The van der Waals surface area contributed by atoms with E-state index >= 15 is 0 Å². The molecule has 0 heterocycles. The maximum atomic E-state index is 12.0. The van der Waals surface area contributed by atoms with Gasteiger partial charge >= 0.3 is 0 Å². The third-order valence-corrected chi connectivity index (χ3v) is 5.33. The minimum atomic E-state index is -1.05. The summed E-state index contributed by atoms with van der Waals surface area (Å²) in [4.78, 5) is 0. The average Bonchev–Trinajstić information content (AvgIpc) is 2.64. The molecule has 0 saturated carbocycles. The van der Waals surface area contributed by atoms with Gasteiger partial charge in [0.1, 0.15) is 5.60 Å². The molecule has 0 aromatic heterocycles. The second-order valence-electron chi connectivity index (χ2n) is 6.01. The van der Waals surface area contributed by atoms with Gasteiger partial charge in [-0.15, -0.1) is 0 Å². The van der Waals surface area contributed by atoms with Gasteiger partial charge in [-0.3, -0.25) is 0 Å². The highest BCUT2D eigenvalue weighted by molar-refractivity contribution is 14.1. The van der Waals surface area contributed by atoms with E-state index in [1.54, 1.807) is 0 Å². The number of hydrogen-bond donors (Lipinski definition) is 1. The van der Waals surface area contributed by atoms with Crippen molar-refractivity contribution in [3.63, 3.8) is 0 Å². The van der Waals surface area contributed by atoms with Crippen LogP contribution in [-0.2, 0) is 5.60 Å². The van der Waals surface area contributed by atoms with Gasteiger partial charge < -0.3 is 5.11 Å².